The average molecular weight is 503 g/mol. The molecule has 0 spiro atoms. The maximum Gasteiger partial charge on any atom is 0.0926 e. The zero-order chi connectivity index (χ0) is 25.8. The Morgan fingerprint density at radius 1 is 0.889 bits per heavy atom. The van der Waals surface area contributed by atoms with Gasteiger partial charge in [0.15, 0.2) is 0 Å². The number of pyridine rings is 1. The molecule has 0 aliphatic rings. The second-order valence-corrected chi connectivity index (χ2v) is 10.5. The van der Waals surface area contributed by atoms with Crippen molar-refractivity contribution < 1.29 is 5.11 Å². The second-order valence-electron chi connectivity index (χ2n) is 10.1. The van der Waals surface area contributed by atoms with Gasteiger partial charge in [-0.3, -0.25) is 0 Å². The van der Waals surface area contributed by atoms with Crippen molar-refractivity contribution in [2.75, 3.05) is 19.6 Å². The van der Waals surface area contributed by atoms with Crippen molar-refractivity contribution in [2.45, 2.75) is 66.4 Å². The zero-order valence-corrected chi connectivity index (χ0v) is 23.1. The van der Waals surface area contributed by atoms with Crippen LogP contribution in [-0.2, 0) is 0 Å². The maximum absolute atomic E-state index is 11.8. The maximum atomic E-state index is 11.8. The number of aliphatic hydroxyl groups excluding tert-OH is 1. The van der Waals surface area contributed by atoms with Crippen LogP contribution < -0.4 is 0 Å². The van der Waals surface area contributed by atoms with Gasteiger partial charge in [0.1, 0.15) is 0 Å². The highest BCUT2D eigenvalue weighted by Crippen LogP contribution is 2.40. The summed E-state index contributed by atoms with van der Waals surface area (Å²) >= 11 is 6.79. The number of hydrogen-bond acceptors (Lipinski definition) is 3. The van der Waals surface area contributed by atoms with E-state index in [1.54, 1.807) is 0 Å². The van der Waals surface area contributed by atoms with Crippen molar-refractivity contribution in [3.05, 3.63) is 75.8 Å². The molecular weight excluding hydrogens is 464 g/mol. The Morgan fingerprint density at radius 2 is 1.56 bits per heavy atom. The lowest BCUT2D eigenvalue weighted by molar-refractivity contribution is 0.112. The number of aryl methyl sites for hydroxylation is 2. The minimum absolute atomic E-state index is 0.608. The van der Waals surface area contributed by atoms with Crippen molar-refractivity contribution in [3.8, 4) is 11.3 Å². The summed E-state index contributed by atoms with van der Waals surface area (Å²) in [5, 5.41) is 15.5. The third-order valence-corrected chi connectivity index (χ3v) is 7.61. The number of nitrogens with zero attached hydrogens (tertiary/aromatic N) is 2. The highest BCUT2D eigenvalue weighted by atomic mass is 35.5. The fraction of sp³-hybridized carbons (Fsp3) is 0.406. The molecule has 1 heterocycles. The van der Waals surface area contributed by atoms with E-state index in [1.807, 2.05) is 24.3 Å². The second kappa shape index (κ2) is 11.7. The molecule has 4 aromatic rings. The lowest BCUT2D eigenvalue weighted by atomic mass is 9.90. The van der Waals surface area contributed by atoms with E-state index in [9.17, 15) is 5.11 Å². The Labute approximate surface area is 221 Å². The molecule has 0 amide bonds. The molecule has 1 unspecified atom stereocenters. The lowest BCUT2D eigenvalue weighted by Gasteiger charge is -2.27. The number of aromatic nitrogens is 1. The van der Waals surface area contributed by atoms with E-state index in [0.29, 0.717) is 11.6 Å². The minimum Gasteiger partial charge on any atom is -0.387 e. The molecule has 0 bridgehead atoms. The van der Waals surface area contributed by atoms with Gasteiger partial charge in [-0.05, 0) is 69.5 Å². The Hall–Kier alpha value is -2.46. The van der Waals surface area contributed by atoms with E-state index < -0.39 is 6.10 Å². The fourth-order valence-corrected chi connectivity index (χ4v) is 5.61. The van der Waals surface area contributed by atoms with Crippen molar-refractivity contribution in [2.24, 2.45) is 0 Å². The first-order valence-electron chi connectivity index (χ1n) is 13.3. The molecule has 4 rings (SSSR count). The number of unbranched alkanes of at least 4 members (excludes halogenated alkanes) is 2. The van der Waals surface area contributed by atoms with Crippen LogP contribution in [0.25, 0.3) is 32.9 Å². The summed E-state index contributed by atoms with van der Waals surface area (Å²) < 4.78 is 0. The van der Waals surface area contributed by atoms with Crippen LogP contribution in [0.3, 0.4) is 0 Å². The van der Waals surface area contributed by atoms with Crippen molar-refractivity contribution in [3.63, 3.8) is 0 Å². The van der Waals surface area contributed by atoms with Crippen LogP contribution in [0.5, 0.6) is 0 Å². The van der Waals surface area contributed by atoms with E-state index >= 15 is 0 Å². The zero-order valence-electron chi connectivity index (χ0n) is 22.4. The fourth-order valence-electron chi connectivity index (χ4n) is 5.33. The topological polar surface area (TPSA) is 36.4 Å². The SMILES string of the molecule is CCCCN(CCCC)CC(O)c1c(C)c(-c2ccc(C)cc2C)nc2c1cc(Cl)c1ccccc12. The number of aliphatic hydroxyl groups is 1. The number of hydrogen-bond donors (Lipinski definition) is 1. The van der Waals surface area contributed by atoms with Gasteiger partial charge in [0.05, 0.1) is 17.3 Å². The van der Waals surface area contributed by atoms with E-state index in [-0.39, 0.29) is 0 Å². The number of halogens is 1. The molecular formula is C32H39ClN2O. The van der Waals surface area contributed by atoms with Gasteiger partial charge in [-0.25, -0.2) is 4.98 Å². The Morgan fingerprint density at radius 3 is 2.19 bits per heavy atom. The first-order chi connectivity index (χ1) is 17.3. The van der Waals surface area contributed by atoms with Crippen LogP contribution in [0, 0.1) is 20.8 Å². The molecule has 3 aromatic carbocycles. The molecule has 0 radical (unpaired) electrons. The van der Waals surface area contributed by atoms with Crippen molar-refractivity contribution >= 4 is 33.3 Å². The number of fused-ring (bicyclic) bond motifs is 3. The standard InChI is InChI=1S/C32H39ClN2O/c1-6-8-16-35(17-9-7-2)20-29(36)30-23(5)31(24-15-14-21(3)18-22(24)4)34-32-26-13-11-10-12-25(26)28(33)19-27(30)32/h10-15,18-19,29,36H,6-9,16-17,20H2,1-5H3. The Balaban J connectivity index is 1.94. The highest BCUT2D eigenvalue weighted by Gasteiger charge is 2.23. The number of benzene rings is 3. The predicted octanol–water partition coefficient (Wildman–Crippen LogP) is 8.57. The lowest BCUT2D eigenvalue weighted by Crippen LogP contribution is -2.31. The van der Waals surface area contributed by atoms with Crippen molar-refractivity contribution in [1.82, 2.24) is 9.88 Å². The summed E-state index contributed by atoms with van der Waals surface area (Å²) in [6.07, 6.45) is 3.93. The van der Waals surface area contributed by atoms with Gasteiger partial charge in [0.25, 0.3) is 0 Å². The van der Waals surface area contributed by atoms with Crippen LogP contribution in [-0.4, -0.2) is 34.6 Å². The molecule has 0 fully saturated rings. The van der Waals surface area contributed by atoms with Gasteiger partial charge in [-0.1, -0.05) is 86.3 Å². The normalized spacial score (nSPS) is 12.7. The molecule has 0 aliphatic carbocycles. The van der Waals surface area contributed by atoms with Gasteiger partial charge in [0, 0.05) is 33.3 Å². The molecule has 4 heteroatoms. The molecule has 190 valence electrons. The first-order valence-corrected chi connectivity index (χ1v) is 13.7. The van der Waals surface area contributed by atoms with Gasteiger partial charge < -0.3 is 10.0 Å². The molecule has 0 aliphatic heterocycles. The summed E-state index contributed by atoms with van der Waals surface area (Å²) in [7, 11) is 0. The van der Waals surface area contributed by atoms with Crippen LogP contribution in [0.2, 0.25) is 5.02 Å². The molecule has 0 saturated heterocycles. The van der Waals surface area contributed by atoms with Crippen LogP contribution in [0.1, 0.15) is 67.9 Å². The summed E-state index contributed by atoms with van der Waals surface area (Å²) in [5.41, 5.74) is 7.35. The van der Waals surface area contributed by atoms with Crippen molar-refractivity contribution in [1.29, 1.82) is 0 Å². The third-order valence-electron chi connectivity index (χ3n) is 7.30. The smallest absolute Gasteiger partial charge is 0.0926 e. The molecule has 36 heavy (non-hydrogen) atoms. The monoisotopic (exact) mass is 502 g/mol. The van der Waals surface area contributed by atoms with E-state index in [0.717, 1.165) is 82.8 Å². The Bertz CT molecular complexity index is 1360. The van der Waals surface area contributed by atoms with Gasteiger partial charge in [-0.2, -0.15) is 0 Å². The van der Waals surface area contributed by atoms with E-state index in [4.69, 9.17) is 16.6 Å². The van der Waals surface area contributed by atoms with Crippen LogP contribution in [0.4, 0.5) is 0 Å². The van der Waals surface area contributed by atoms with Crippen LogP contribution in [0.15, 0.2) is 48.5 Å². The summed E-state index contributed by atoms with van der Waals surface area (Å²) in [6, 6.07) is 16.7. The first kappa shape index (κ1) is 26.6. The van der Waals surface area contributed by atoms with Gasteiger partial charge in [-0.15, -0.1) is 0 Å². The molecule has 0 saturated carbocycles. The summed E-state index contributed by atoms with van der Waals surface area (Å²) in [5.74, 6) is 0. The number of rotatable bonds is 10. The Kier molecular flexibility index (Phi) is 8.66. The summed E-state index contributed by atoms with van der Waals surface area (Å²) in [4.78, 5) is 7.66. The van der Waals surface area contributed by atoms with E-state index in [2.05, 4.69) is 63.8 Å². The molecule has 1 N–H and O–H groups in total. The largest absolute Gasteiger partial charge is 0.387 e. The third kappa shape index (κ3) is 5.44. The molecule has 1 aromatic heterocycles. The highest BCUT2D eigenvalue weighted by molar-refractivity contribution is 6.37. The van der Waals surface area contributed by atoms with E-state index in [1.165, 1.54) is 11.1 Å². The summed E-state index contributed by atoms with van der Waals surface area (Å²) in [6.45, 7) is 13.4. The average Bonchev–Trinajstić information content (AvgIpc) is 2.86. The van der Waals surface area contributed by atoms with Crippen LogP contribution >= 0.6 is 11.6 Å². The van der Waals surface area contributed by atoms with Gasteiger partial charge in [0.2, 0.25) is 0 Å². The van der Waals surface area contributed by atoms with Gasteiger partial charge >= 0.3 is 0 Å². The molecule has 3 nitrogen and oxygen atoms in total. The minimum atomic E-state index is -0.633. The predicted molar refractivity (Wildman–Crippen MR) is 155 cm³/mol. The molecule has 1 atom stereocenters. The quantitative estimate of drug-likeness (QED) is 0.220.